The van der Waals surface area contributed by atoms with Gasteiger partial charge in [0.25, 0.3) is 5.56 Å². The molecule has 0 bridgehead atoms. The number of halogens is 1. The number of hydrogen-bond donors (Lipinski definition) is 0. The molecule has 2 rings (SSSR count). The summed E-state index contributed by atoms with van der Waals surface area (Å²) >= 11 is 3.51. The molecule has 0 aliphatic rings. The Kier molecular flexibility index (Phi) is 2.92. The largest absolute Gasteiger partial charge is 0.293 e. The molecule has 6 heteroatoms. The molecule has 14 heavy (non-hydrogen) atoms. The minimum atomic E-state index is -0.00556. The molecule has 0 aromatic carbocycles. The van der Waals surface area contributed by atoms with E-state index in [0.29, 0.717) is 10.1 Å². The lowest BCUT2D eigenvalue weighted by molar-refractivity contribution is 0.738. The van der Waals surface area contributed by atoms with Crippen molar-refractivity contribution in [3.8, 4) is 0 Å². The van der Waals surface area contributed by atoms with Crippen LogP contribution < -0.4 is 5.56 Å². The van der Waals surface area contributed by atoms with Gasteiger partial charge in [-0.05, 0) is 22.6 Å². The van der Waals surface area contributed by atoms with E-state index in [1.807, 2.05) is 22.6 Å². The first-order valence-corrected chi connectivity index (χ1v) is 5.80. The molecule has 4 nitrogen and oxygen atoms in total. The smallest absolute Gasteiger partial charge is 0.267 e. The molecule has 0 amide bonds. The Labute approximate surface area is 97.8 Å². The first kappa shape index (κ1) is 9.78. The third-order valence-electron chi connectivity index (χ3n) is 1.67. The Morgan fingerprint density at radius 3 is 3.00 bits per heavy atom. The summed E-state index contributed by atoms with van der Waals surface area (Å²) in [6.07, 6.45) is 4.87. The predicted octanol–water partition coefficient (Wildman–Crippen LogP) is 1.35. The molecule has 0 saturated carbocycles. The van der Waals surface area contributed by atoms with Gasteiger partial charge in [-0.15, -0.1) is 11.3 Å². The Balaban J connectivity index is 2.34. The van der Waals surface area contributed by atoms with E-state index in [-0.39, 0.29) is 5.56 Å². The molecule has 0 saturated heterocycles. The maximum absolute atomic E-state index is 11.6. The molecule has 0 unspecified atom stereocenters. The SMILES string of the molecule is O=c1c(I)cncn1Cc1cncs1. The van der Waals surface area contributed by atoms with Crippen LogP contribution in [0.15, 0.2) is 29.0 Å². The van der Waals surface area contributed by atoms with Crippen molar-refractivity contribution in [3.05, 3.63) is 43.0 Å². The summed E-state index contributed by atoms with van der Waals surface area (Å²) in [5.74, 6) is 0. The lowest BCUT2D eigenvalue weighted by atomic mass is 10.5. The topological polar surface area (TPSA) is 47.8 Å². The van der Waals surface area contributed by atoms with E-state index < -0.39 is 0 Å². The second kappa shape index (κ2) is 4.18. The van der Waals surface area contributed by atoms with Gasteiger partial charge in [-0.3, -0.25) is 14.3 Å². The minimum Gasteiger partial charge on any atom is -0.293 e. The van der Waals surface area contributed by atoms with Crippen molar-refractivity contribution in [3.63, 3.8) is 0 Å². The zero-order valence-corrected chi connectivity index (χ0v) is 10.0. The summed E-state index contributed by atoms with van der Waals surface area (Å²) in [5, 5.41) is 0. The van der Waals surface area contributed by atoms with Gasteiger partial charge in [0, 0.05) is 17.3 Å². The van der Waals surface area contributed by atoms with Crippen LogP contribution >= 0.6 is 33.9 Å². The van der Waals surface area contributed by atoms with Gasteiger partial charge in [-0.1, -0.05) is 0 Å². The maximum Gasteiger partial charge on any atom is 0.267 e. The van der Waals surface area contributed by atoms with Crippen LogP contribution in [0.4, 0.5) is 0 Å². The summed E-state index contributed by atoms with van der Waals surface area (Å²) in [7, 11) is 0. The molecule has 72 valence electrons. The van der Waals surface area contributed by atoms with Gasteiger partial charge in [0.1, 0.15) is 0 Å². The molecule has 2 aromatic rings. The number of rotatable bonds is 2. The van der Waals surface area contributed by atoms with Crippen LogP contribution in [-0.2, 0) is 6.54 Å². The van der Waals surface area contributed by atoms with E-state index >= 15 is 0 Å². The highest BCUT2D eigenvalue weighted by Crippen LogP contribution is 2.06. The van der Waals surface area contributed by atoms with Crippen LogP contribution in [0, 0.1) is 3.57 Å². The highest BCUT2D eigenvalue weighted by molar-refractivity contribution is 14.1. The third-order valence-corrected chi connectivity index (χ3v) is 3.17. The Hall–Kier alpha value is -0.760. The predicted molar refractivity (Wildman–Crippen MR) is 62.4 cm³/mol. The van der Waals surface area contributed by atoms with Crippen molar-refractivity contribution in [2.75, 3.05) is 0 Å². The lowest BCUT2D eigenvalue weighted by Gasteiger charge is -2.01. The summed E-state index contributed by atoms with van der Waals surface area (Å²) < 4.78 is 2.21. The van der Waals surface area contributed by atoms with Crippen LogP contribution in [-0.4, -0.2) is 14.5 Å². The van der Waals surface area contributed by atoms with Crippen LogP contribution in [0.25, 0.3) is 0 Å². The van der Waals surface area contributed by atoms with Crippen molar-refractivity contribution in [1.29, 1.82) is 0 Å². The van der Waals surface area contributed by atoms with E-state index in [1.54, 1.807) is 28.8 Å². The first-order valence-electron chi connectivity index (χ1n) is 3.84. The van der Waals surface area contributed by atoms with Crippen molar-refractivity contribution < 1.29 is 0 Å². The average Bonchev–Trinajstić information content (AvgIpc) is 2.66. The zero-order chi connectivity index (χ0) is 9.97. The summed E-state index contributed by atoms with van der Waals surface area (Å²) in [6, 6.07) is 0. The second-order valence-electron chi connectivity index (χ2n) is 2.64. The van der Waals surface area contributed by atoms with E-state index in [1.165, 1.54) is 11.3 Å². The quantitative estimate of drug-likeness (QED) is 0.785. The molecule has 0 spiro atoms. The summed E-state index contributed by atoms with van der Waals surface area (Å²) in [6.45, 7) is 0.549. The van der Waals surface area contributed by atoms with Gasteiger partial charge >= 0.3 is 0 Å². The van der Waals surface area contributed by atoms with Crippen molar-refractivity contribution in [2.45, 2.75) is 6.54 Å². The monoisotopic (exact) mass is 319 g/mol. The fraction of sp³-hybridized carbons (Fsp3) is 0.125. The average molecular weight is 319 g/mol. The molecule has 0 fully saturated rings. The van der Waals surface area contributed by atoms with Gasteiger partial charge in [0.15, 0.2) is 0 Å². The molecule has 0 aliphatic carbocycles. The van der Waals surface area contributed by atoms with E-state index in [2.05, 4.69) is 9.97 Å². The van der Waals surface area contributed by atoms with Crippen LogP contribution in [0.3, 0.4) is 0 Å². The number of aromatic nitrogens is 3. The minimum absolute atomic E-state index is 0.00556. The van der Waals surface area contributed by atoms with Crippen molar-refractivity contribution in [2.24, 2.45) is 0 Å². The van der Waals surface area contributed by atoms with Gasteiger partial charge < -0.3 is 0 Å². The molecular weight excluding hydrogens is 313 g/mol. The molecular formula is C8H6IN3OS. The molecule has 0 radical (unpaired) electrons. The zero-order valence-electron chi connectivity index (χ0n) is 7.05. The van der Waals surface area contributed by atoms with Gasteiger partial charge in [-0.25, -0.2) is 4.98 Å². The molecule has 2 aromatic heterocycles. The van der Waals surface area contributed by atoms with Crippen LogP contribution in [0.2, 0.25) is 0 Å². The third kappa shape index (κ3) is 2.01. The van der Waals surface area contributed by atoms with E-state index in [4.69, 9.17) is 0 Å². The van der Waals surface area contributed by atoms with E-state index in [9.17, 15) is 4.79 Å². The number of hydrogen-bond acceptors (Lipinski definition) is 4. The Morgan fingerprint density at radius 2 is 2.29 bits per heavy atom. The normalized spacial score (nSPS) is 10.4. The van der Waals surface area contributed by atoms with Crippen molar-refractivity contribution in [1.82, 2.24) is 14.5 Å². The maximum atomic E-state index is 11.6. The standard InChI is InChI=1S/C8H6IN3OS/c9-7-2-10-4-12(8(7)13)3-6-1-11-5-14-6/h1-2,4-5H,3H2. The Morgan fingerprint density at radius 1 is 1.43 bits per heavy atom. The second-order valence-corrected chi connectivity index (χ2v) is 4.78. The number of thiazole rings is 1. The fourth-order valence-electron chi connectivity index (χ4n) is 1.02. The lowest BCUT2D eigenvalue weighted by Crippen LogP contribution is -2.22. The molecule has 0 N–H and O–H groups in total. The Bertz CT molecular complexity index is 480. The van der Waals surface area contributed by atoms with E-state index in [0.717, 1.165) is 4.88 Å². The van der Waals surface area contributed by atoms with Crippen molar-refractivity contribution >= 4 is 33.9 Å². The van der Waals surface area contributed by atoms with Gasteiger partial charge in [0.05, 0.1) is 22.0 Å². The molecule has 2 heterocycles. The molecule has 0 aliphatic heterocycles. The molecule has 0 atom stereocenters. The highest BCUT2D eigenvalue weighted by Gasteiger charge is 2.02. The van der Waals surface area contributed by atoms with Crippen LogP contribution in [0.5, 0.6) is 0 Å². The summed E-state index contributed by atoms with van der Waals surface area (Å²) in [4.78, 5) is 20.6. The summed E-state index contributed by atoms with van der Waals surface area (Å²) in [5.41, 5.74) is 1.75. The van der Waals surface area contributed by atoms with Gasteiger partial charge in [-0.2, -0.15) is 0 Å². The highest BCUT2D eigenvalue weighted by atomic mass is 127. The first-order chi connectivity index (χ1) is 6.77. The fourth-order valence-corrected chi connectivity index (χ4v) is 2.09. The van der Waals surface area contributed by atoms with Gasteiger partial charge in [0.2, 0.25) is 0 Å². The van der Waals surface area contributed by atoms with Crippen LogP contribution in [0.1, 0.15) is 4.88 Å². The number of nitrogens with zero attached hydrogens (tertiary/aromatic N) is 3.